The van der Waals surface area contributed by atoms with Crippen LogP contribution in [0.1, 0.15) is 26.8 Å². The molecule has 5 nitrogen and oxygen atoms in total. The number of nitrogen functional groups attached to an aromatic ring is 1. The molecule has 19 heavy (non-hydrogen) atoms. The van der Waals surface area contributed by atoms with Crippen molar-refractivity contribution >= 4 is 45.5 Å². The van der Waals surface area contributed by atoms with Gasteiger partial charge in [-0.2, -0.15) is 0 Å². The number of fused-ring (bicyclic) bond motifs is 1. The molecule has 0 fully saturated rings. The molecule has 0 aliphatic heterocycles. The summed E-state index contributed by atoms with van der Waals surface area (Å²) >= 11 is 2.23. The van der Waals surface area contributed by atoms with Gasteiger partial charge in [-0.15, -0.1) is 0 Å². The first kappa shape index (κ1) is 14.1. The molecule has 2 rings (SSSR count). The number of nitrogens with one attached hydrogen (secondary N) is 1. The van der Waals surface area contributed by atoms with Gasteiger partial charge in [0.1, 0.15) is 6.04 Å². The van der Waals surface area contributed by atoms with E-state index >= 15 is 0 Å². The Labute approximate surface area is 125 Å². The molecule has 0 bridgehead atoms. The maximum atomic E-state index is 12.1. The summed E-state index contributed by atoms with van der Waals surface area (Å²) < 4.78 is 2.86. The summed E-state index contributed by atoms with van der Waals surface area (Å²) in [4.78, 5) is 16.4. The highest BCUT2D eigenvalue weighted by Crippen LogP contribution is 2.24. The first-order valence-corrected chi connectivity index (χ1v) is 7.21. The summed E-state index contributed by atoms with van der Waals surface area (Å²) in [5, 5.41) is 2.89. The zero-order valence-electron chi connectivity index (χ0n) is 11.1. The number of amides is 1. The van der Waals surface area contributed by atoms with Gasteiger partial charge in [-0.25, -0.2) is 4.98 Å². The van der Waals surface area contributed by atoms with Crippen molar-refractivity contribution in [3.8, 4) is 0 Å². The minimum absolute atomic E-state index is 0.0560. The van der Waals surface area contributed by atoms with Crippen LogP contribution in [0.25, 0.3) is 11.0 Å². The monoisotopic (exact) mass is 372 g/mol. The topological polar surface area (TPSA) is 72.9 Å². The van der Waals surface area contributed by atoms with Crippen LogP contribution >= 0.6 is 22.6 Å². The number of halogens is 1. The third kappa shape index (κ3) is 2.83. The molecule has 0 aliphatic rings. The van der Waals surface area contributed by atoms with Crippen LogP contribution in [-0.2, 0) is 4.79 Å². The lowest BCUT2D eigenvalue weighted by Crippen LogP contribution is -2.36. The fraction of sp³-hybridized carbons (Fsp3) is 0.385. The second-order valence-electron chi connectivity index (χ2n) is 4.81. The van der Waals surface area contributed by atoms with Crippen LogP contribution in [0.4, 0.5) is 5.95 Å². The minimum Gasteiger partial charge on any atom is -0.369 e. The summed E-state index contributed by atoms with van der Waals surface area (Å²) in [5.74, 6) is 0.308. The molecule has 0 radical (unpaired) electrons. The Morgan fingerprint density at radius 2 is 2.11 bits per heavy atom. The predicted octanol–water partition coefficient (Wildman–Crippen LogP) is 2.31. The molecule has 102 valence electrons. The van der Waals surface area contributed by atoms with E-state index in [1.165, 1.54) is 0 Å². The van der Waals surface area contributed by atoms with Crippen LogP contribution in [0.3, 0.4) is 0 Å². The third-order valence-corrected chi connectivity index (χ3v) is 3.55. The van der Waals surface area contributed by atoms with Crippen molar-refractivity contribution in [3.63, 3.8) is 0 Å². The number of imidazole rings is 1. The smallest absolute Gasteiger partial charge is 0.243 e. The van der Waals surface area contributed by atoms with Crippen LogP contribution < -0.4 is 11.1 Å². The van der Waals surface area contributed by atoms with E-state index in [1.807, 2.05) is 39.0 Å². The number of benzene rings is 1. The average Bonchev–Trinajstić information content (AvgIpc) is 2.62. The zero-order valence-corrected chi connectivity index (χ0v) is 13.3. The maximum absolute atomic E-state index is 12.1. The average molecular weight is 372 g/mol. The molecule has 0 aliphatic carbocycles. The van der Waals surface area contributed by atoms with E-state index in [0.29, 0.717) is 5.95 Å². The first-order chi connectivity index (χ1) is 8.90. The second-order valence-corrected chi connectivity index (χ2v) is 6.06. The number of hydrogen-bond donors (Lipinski definition) is 2. The zero-order chi connectivity index (χ0) is 14.2. The number of anilines is 1. The summed E-state index contributed by atoms with van der Waals surface area (Å²) in [6.07, 6.45) is 0. The van der Waals surface area contributed by atoms with Gasteiger partial charge in [0, 0.05) is 9.61 Å². The molecule has 6 heteroatoms. The highest BCUT2D eigenvalue weighted by atomic mass is 127. The quantitative estimate of drug-likeness (QED) is 0.813. The molecule has 0 saturated heterocycles. The summed E-state index contributed by atoms with van der Waals surface area (Å²) in [5.41, 5.74) is 7.63. The van der Waals surface area contributed by atoms with Gasteiger partial charge in [0.25, 0.3) is 0 Å². The van der Waals surface area contributed by atoms with Gasteiger partial charge < -0.3 is 11.1 Å². The molecular weight excluding hydrogens is 355 g/mol. The van der Waals surface area contributed by atoms with Gasteiger partial charge in [-0.1, -0.05) is 0 Å². The molecule has 1 aromatic carbocycles. The largest absolute Gasteiger partial charge is 0.369 e. The molecule has 1 amide bonds. The van der Waals surface area contributed by atoms with E-state index in [0.717, 1.165) is 14.6 Å². The van der Waals surface area contributed by atoms with Crippen LogP contribution in [0.2, 0.25) is 0 Å². The molecule has 1 atom stereocenters. The Kier molecular flexibility index (Phi) is 3.98. The van der Waals surface area contributed by atoms with E-state index in [2.05, 4.69) is 32.9 Å². The molecule has 1 unspecified atom stereocenters. The summed E-state index contributed by atoms with van der Waals surface area (Å²) in [7, 11) is 0. The Bertz CT molecular complexity index is 620. The van der Waals surface area contributed by atoms with Gasteiger partial charge in [-0.3, -0.25) is 9.36 Å². The minimum atomic E-state index is -0.382. The number of hydrogen-bond acceptors (Lipinski definition) is 3. The molecule has 1 aromatic heterocycles. The van der Waals surface area contributed by atoms with E-state index < -0.39 is 0 Å². The van der Waals surface area contributed by atoms with E-state index in [-0.39, 0.29) is 18.0 Å². The van der Waals surface area contributed by atoms with Gasteiger partial charge in [0.05, 0.1) is 11.0 Å². The van der Waals surface area contributed by atoms with E-state index in [9.17, 15) is 4.79 Å². The van der Waals surface area contributed by atoms with Crippen LogP contribution in [0.5, 0.6) is 0 Å². The first-order valence-electron chi connectivity index (χ1n) is 6.13. The molecule has 0 spiro atoms. The van der Waals surface area contributed by atoms with Gasteiger partial charge >= 0.3 is 0 Å². The lowest BCUT2D eigenvalue weighted by molar-refractivity contribution is -0.124. The number of nitrogens with two attached hydrogens (primary N) is 1. The lowest BCUT2D eigenvalue weighted by Gasteiger charge is -2.17. The van der Waals surface area contributed by atoms with Crippen molar-refractivity contribution in [1.29, 1.82) is 0 Å². The van der Waals surface area contributed by atoms with Crippen molar-refractivity contribution in [2.24, 2.45) is 0 Å². The van der Waals surface area contributed by atoms with Crippen molar-refractivity contribution < 1.29 is 4.79 Å². The van der Waals surface area contributed by atoms with Gasteiger partial charge in [0.2, 0.25) is 11.9 Å². The van der Waals surface area contributed by atoms with Crippen molar-refractivity contribution in [3.05, 3.63) is 21.8 Å². The molecule has 2 aromatic rings. The lowest BCUT2D eigenvalue weighted by atomic mass is 10.2. The maximum Gasteiger partial charge on any atom is 0.243 e. The Morgan fingerprint density at radius 1 is 1.42 bits per heavy atom. The second kappa shape index (κ2) is 5.36. The van der Waals surface area contributed by atoms with Crippen LogP contribution in [0.15, 0.2) is 18.2 Å². The normalized spacial score (nSPS) is 12.9. The highest BCUT2D eigenvalue weighted by molar-refractivity contribution is 14.1. The van der Waals surface area contributed by atoms with Crippen LogP contribution in [0, 0.1) is 3.57 Å². The Morgan fingerprint density at radius 3 is 2.74 bits per heavy atom. The molecule has 0 saturated carbocycles. The van der Waals surface area contributed by atoms with Gasteiger partial charge in [0.15, 0.2) is 0 Å². The predicted molar refractivity (Wildman–Crippen MR) is 84.9 cm³/mol. The highest BCUT2D eigenvalue weighted by Gasteiger charge is 2.20. The van der Waals surface area contributed by atoms with Crippen LogP contribution in [-0.4, -0.2) is 21.5 Å². The van der Waals surface area contributed by atoms with Gasteiger partial charge in [-0.05, 0) is 61.6 Å². The van der Waals surface area contributed by atoms with E-state index in [4.69, 9.17) is 5.73 Å². The number of carbonyl (C=O) groups is 1. The Balaban J connectivity index is 2.44. The Hall–Kier alpha value is -1.31. The molecule has 3 N–H and O–H groups in total. The fourth-order valence-corrected chi connectivity index (χ4v) is 2.49. The number of rotatable bonds is 3. The van der Waals surface area contributed by atoms with Crippen molar-refractivity contribution in [1.82, 2.24) is 14.9 Å². The summed E-state index contributed by atoms with van der Waals surface area (Å²) in [6, 6.07) is 5.60. The third-order valence-electron chi connectivity index (χ3n) is 2.88. The molecule has 1 heterocycles. The number of nitrogens with zero attached hydrogens (tertiary/aromatic N) is 2. The van der Waals surface area contributed by atoms with Crippen molar-refractivity contribution in [2.45, 2.75) is 32.9 Å². The SMILES string of the molecule is CC(C)NC(=O)C(C)n1c(N)nc2cc(I)ccc21. The number of carbonyl (C=O) groups excluding carboxylic acids is 1. The number of aromatic nitrogens is 2. The van der Waals surface area contributed by atoms with E-state index in [1.54, 1.807) is 4.57 Å². The standard InChI is InChI=1S/C13H17IN4O/c1-7(2)16-12(19)8(3)18-11-5-4-9(14)6-10(11)17-13(18)15/h4-8H,1-3H3,(H2,15,17)(H,16,19). The van der Waals surface area contributed by atoms with Crippen molar-refractivity contribution in [2.75, 3.05) is 5.73 Å². The molecular formula is C13H17IN4O. The summed E-state index contributed by atoms with van der Waals surface area (Å²) in [6.45, 7) is 5.69. The fourth-order valence-electron chi connectivity index (χ4n) is 2.02.